The Morgan fingerprint density at radius 1 is 1.20 bits per heavy atom. The zero-order valence-corrected chi connectivity index (χ0v) is 12.6. The third-order valence-electron chi connectivity index (χ3n) is 4.36. The number of hydrogen-bond donors (Lipinski definition) is 1. The third-order valence-corrected chi connectivity index (χ3v) is 4.36. The summed E-state index contributed by atoms with van der Waals surface area (Å²) in [6, 6.07) is 9.39. The van der Waals surface area contributed by atoms with Crippen molar-refractivity contribution in [3.8, 4) is 0 Å². The fraction of sp³-hybridized carbons (Fsp3) is 0.471. The Morgan fingerprint density at radius 3 is 2.60 bits per heavy atom. The first-order chi connectivity index (χ1) is 9.74. The number of aryl methyl sites for hydroxylation is 2. The van der Waals surface area contributed by atoms with Crippen molar-refractivity contribution >= 4 is 5.82 Å². The standard InChI is InChI=1S/C17H23N3/c1-4-13-6-8-14(9-7-13)16-10-11-18-17-12(3)15(5-2)19-20(16)17/h6-9,16,18H,4-5,10-11H2,1-3H3. The normalized spacial score (nSPS) is 17.6. The van der Waals surface area contributed by atoms with Gasteiger partial charge in [0.15, 0.2) is 0 Å². The maximum Gasteiger partial charge on any atom is 0.128 e. The predicted octanol–water partition coefficient (Wildman–Crippen LogP) is 3.72. The van der Waals surface area contributed by atoms with Gasteiger partial charge in [-0.15, -0.1) is 0 Å². The smallest absolute Gasteiger partial charge is 0.128 e. The van der Waals surface area contributed by atoms with Crippen LogP contribution in [0.5, 0.6) is 0 Å². The summed E-state index contributed by atoms with van der Waals surface area (Å²) in [5.41, 5.74) is 5.29. The molecule has 0 spiro atoms. The van der Waals surface area contributed by atoms with Crippen LogP contribution in [0.3, 0.4) is 0 Å². The van der Waals surface area contributed by atoms with Crippen molar-refractivity contribution < 1.29 is 0 Å². The molecule has 0 fully saturated rings. The molecule has 3 rings (SSSR count). The summed E-state index contributed by atoms with van der Waals surface area (Å²) < 4.78 is 2.19. The van der Waals surface area contributed by atoms with Gasteiger partial charge in [-0.1, -0.05) is 38.1 Å². The fourth-order valence-corrected chi connectivity index (χ4v) is 3.07. The summed E-state index contributed by atoms with van der Waals surface area (Å²) in [7, 11) is 0. The molecule has 1 unspecified atom stereocenters. The van der Waals surface area contributed by atoms with Gasteiger partial charge in [-0.2, -0.15) is 5.10 Å². The van der Waals surface area contributed by atoms with E-state index in [4.69, 9.17) is 5.10 Å². The van der Waals surface area contributed by atoms with Crippen molar-refractivity contribution in [2.75, 3.05) is 11.9 Å². The molecule has 1 N–H and O–H groups in total. The molecule has 1 aliphatic heterocycles. The maximum absolute atomic E-state index is 4.82. The number of hydrogen-bond acceptors (Lipinski definition) is 2. The van der Waals surface area contributed by atoms with Crippen LogP contribution in [0.15, 0.2) is 24.3 Å². The van der Waals surface area contributed by atoms with E-state index in [0.717, 1.165) is 25.8 Å². The Hall–Kier alpha value is -1.77. The van der Waals surface area contributed by atoms with Gasteiger partial charge < -0.3 is 5.32 Å². The number of aromatic nitrogens is 2. The minimum Gasteiger partial charge on any atom is -0.370 e. The van der Waals surface area contributed by atoms with E-state index in [1.165, 1.54) is 28.2 Å². The van der Waals surface area contributed by atoms with Crippen molar-refractivity contribution in [2.24, 2.45) is 0 Å². The number of benzene rings is 1. The lowest BCUT2D eigenvalue weighted by atomic mass is 10.00. The zero-order chi connectivity index (χ0) is 14.1. The Bertz CT molecular complexity index is 595. The van der Waals surface area contributed by atoms with Gasteiger partial charge in [-0.3, -0.25) is 0 Å². The summed E-state index contributed by atoms with van der Waals surface area (Å²) >= 11 is 0. The summed E-state index contributed by atoms with van der Waals surface area (Å²) in [6.07, 6.45) is 3.19. The van der Waals surface area contributed by atoms with Gasteiger partial charge in [0, 0.05) is 12.1 Å². The third kappa shape index (κ3) is 2.11. The molecule has 0 saturated carbocycles. The minimum absolute atomic E-state index is 0.371. The van der Waals surface area contributed by atoms with Crippen LogP contribution < -0.4 is 5.32 Å². The Morgan fingerprint density at radius 2 is 1.95 bits per heavy atom. The molecular formula is C17H23N3. The Labute approximate surface area is 121 Å². The quantitative estimate of drug-likeness (QED) is 0.920. The molecule has 0 saturated heterocycles. The molecule has 3 nitrogen and oxygen atoms in total. The van der Waals surface area contributed by atoms with Gasteiger partial charge in [0.05, 0.1) is 11.7 Å². The molecule has 0 amide bonds. The van der Waals surface area contributed by atoms with Crippen LogP contribution in [0, 0.1) is 6.92 Å². The molecule has 20 heavy (non-hydrogen) atoms. The highest BCUT2D eigenvalue weighted by Crippen LogP contribution is 2.32. The molecule has 2 aromatic rings. The van der Waals surface area contributed by atoms with E-state index in [1.54, 1.807) is 0 Å². The van der Waals surface area contributed by atoms with E-state index in [0.29, 0.717) is 6.04 Å². The maximum atomic E-state index is 4.82. The molecule has 1 aromatic heterocycles. The van der Waals surface area contributed by atoms with Gasteiger partial charge >= 0.3 is 0 Å². The van der Waals surface area contributed by atoms with Crippen LogP contribution in [-0.4, -0.2) is 16.3 Å². The lowest BCUT2D eigenvalue weighted by Gasteiger charge is -2.26. The fourth-order valence-electron chi connectivity index (χ4n) is 3.07. The van der Waals surface area contributed by atoms with Crippen molar-refractivity contribution in [3.63, 3.8) is 0 Å². The van der Waals surface area contributed by atoms with Crippen LogP contribution in [0.4, 0.5) is 5.82 Å². The minimum atomic E-state index is 0.371. The van der Waals surface area contributed by atoms with E-state index in [-0.39, 0.29) is 0 Å². The van der Waals surface area contributed by atoms with Crippen LogP contribution in [-0.2, 0) is 12.8 Å². The molecule has 3 heteroatoms. The van der Waals surface area contributed by atoms with Crippen LogP contribution in [0.1, 0.15) is 48.7 Å². The highest BCUT2D eigenvalue weighted by atomic mass is 15.4. The molecule has 0 aliphatic carbocycles. The number of nitrogens with one attached hydrogen (secondary N) is 1. The second-order valence-electron chi connectivity index (χ2n) is 5.54. The first-order valence-electron chi connectivity index (χ1n) is 7.65. The monoisotopic (exact) mass is 269 g/mol. The zero-order valence-electron chi connectivity index (χ0n) is 12.6. The van der Waals surface area contributed by atoms with Gasteiger partial charge in [-0.05, 0) is 37.3 Å². The van der Waals surface area contributed by atoms with E-state index in [2.05, 4.69) is 55.0 Å². The molecule has 106 valence electrons. The average molecular weight is 269 g/mol. The van der Waals surface area contributed by atoms with E-state index in [1.807, 2.05) is 0 Å². The lowest BCUT2D eigenvalue weighted by Crippen LogP contribution is -2.24. The first kappa shape index (κ1) is 13.2. The molecule has 0 bridgehead atoms. The number of rotatable bonds is 3. The second kappa shape index (κ2) is 5.31. The van der Waals surface area contributed by atoms with Gasteiger partial charge in [-0.25, -0.2) is 4.68 Å². The van der Waals surface area contributed by atoms with Crippen LogP contribution >= 0.6 is 0 Å². The molecule has 0 radical (unpaired) electrons. The SMILES string of the molecule is CCc1ccc(C2CCNc3c(C)c(CC)nn32)cc1. The predicted molar refractivity (Wildman–Crippen MR) is 83.4 cm³/mol. The van der Waals surface area contributed by atoms with Gasteiger partial charge in [0.1, 0.15) is 5.82 Å². The van der Waals surface area contributed by atoms with E-state index >= 15 is 0 Å². The number of nitrogens with zero attached hydrogens (tertiary/aromatic N) is 2. The number of anilines is 1. The van der Waals surface area contributed by atoms with Crippen LogP contribution in [0.25, 0.3) is 0 Å². The van der Waals surface area contributed by atoms with Crippen molar-refractivity contribution in [1.82, 2.24) is 9.78 Å². The average Bonchev–Trinajstić information content (AvgIpc) is 2.84. The first-order valence-corrected chi connectivity index (χ1v) is 7.65. The van der Waals surface area contributed by atoms with Crippen molar-refractivity contribution in [3.05, 3.63) is 46.6 Å². The molecule has 1 aromatic carbocycles. The summed E-state index contributed by atoms with van der Waals surface area (Å²) in [5, 5.41) is 8.33. The molecule has 1 aliphatic rings. The molecule has 2 heterocycles. The van der Waals surface area contributed by atoms with Gasteiger partial charge in [0.2, 0.25) is 0 Å². The number of fused-ring (bicyclic) bond motifs is 1. The van der Waals surface area contributed by atoms with Gasteiger partial charge in [0.25, 0.3) is 0 Å². The van der Waals surface area contributed by atoms with E-state index in [9.17, 15) is 0 Å². The molecular weight excluding hydrogens is 246 g/mol. The second-order valence-corrected chi connectivity index (χ2v) is 5.54. The van der Waals surface area contributed by atoms with E-state index < -0.39 is 0 Å². The summed E-state index contributed by atoms with van der Waals surface area (Å²) in [5.74, 6) is 1.21. The van der Waals surface area contributed by atoms with Crippen LogP contribution in [0.2, 0.25) is 0 Å². The highest BCUT2D eigenvalue weighted by molar-refractivity contribution is 5.49. The summed E-state index contributed by atoms with van der Waals surface area (Å²) in [6.45, 7) is 7.57. The van der Waals surface area contributed by atoms with Crippen molar-refractivity contribution in [1.29, 1.82) is 0 Å². The Balaban J connectivity index is 2.00. The molecule has 1 atom stereocenters. The lowest BCUT2D eigenvalue weighted by molar-refractivity contribution is 0.478. The topological polar surface area (TPSA) is 29.9 Å². The van der Waals surface area contributed by atoms with Crippen molar-refractivity contribution in [2.45, 2.75) is 46.1 Å². The largest absolute Gasteiger partial charge is 0.370 e. The highest BCUT2D eigenvalue weighted by Gasteiger charge is 2.25. The summed E-state index contributed by atoms with van der Waals surface area (Å²) in [4.78, 5) is 0. The Kier molecular flexibility index (Phi) is 3.51.